The van der Waals surface area contributed by atoms with Gasteiger partial charge in [-0.15, -0.1) is 0 Å². The molecule has 2 saturated heterocycles. The number of hydrogen-bond donors (Lipinski definition) is 0. The number of benzene rings is 1. The van der Waals surface area contributed by atoms with Crippen molar-refractivity contribution in [1.82, 2.24) is 14.4 Å². The first-order valence-corrected chi connectivity index (χ1v) is 10.7. The minimum Gasteiger partial charge on any atom is -0.312 e. The number of rotatable bonds is 4. The highest BCUT2D eigenvalue weighted by Gasteiger charge is 2.35. The highest BCUT2D eigenvalue weighted by molar-refractivity contribution is 5.23. The fourth-order valence-electron chi connectivity index (χ4n) is 5.41. The Kier molecular flexibility index (Phi) is 5.19. The van der Waals surface area contributed by atoms with Crippen molar-refractivity contribution in [2.24, 2.45) is 5.92 Å². The van der Waals surface area contributed by atoms with Gasteiger partial charge in [-0.05, 0) is 42.5 Å². The Morgan fingerprint density at radius 2 is 1.80 bits per heavy atom. The molecule has 1 aromatic heterocycles. The van der Waals surface area contributed by atoms with Crippen molar-refractivity contribution in [3.05, 3.63) is 69.1 Å². The van der Waals surface area contributed by atoms with Crippen LogP contribution in [-0.4, -0.2) is 46.7 Å². The van der Waals surface area contributed by atoms with Crippen LogP contribution in [0.5, 0.6) is 0 Å². The van der Waals surface area contributed by atoms with E-state index in [1.165, 1.54) is 12.1 Å². The van der Waals surface area contributed by atoms with Gasteiger partial charge >= 0.3 is 0 Å². The van der Waals surface area contributed by atoms with E-state index in [1.807, 2.05) is 15.5 Å². The smallest absolute Gasteiger partial charge is 0.255 e. The van der Waals surface area contributed by atoms with E-state index >= 15 is 0 Å². The molecule has 0 radical (unpaired) electrons. The van der Waals surface area contributed by atoms with Crippen LogP contribution in [0.4, 0.5) is 13.2 Å². The average molecular weight is 417 g/mol. The van der Waals surface area contributed by atoms with Crippen LogP contribution in [0.1, 0.15) is 35.6 Å². The molecule has 2 fully saturated rings. The number of piperidine rings is 1. The van der Waals surface area contributed by atoms with Crippen molar-refractivity contribution in [2.75, 3.05) is 26.2 Å². The lowest BCUT2D eigenvalue weighted by Gasteiger charge is -2.43. The summed E-state index contributed by atoms with van der Waals surface area (Å²) in [5.41, 5.74) is 2.61. The largest absolute Gasteiger partial charge is 0.312 e. The van der Waals surface area contributed by atoms with Gasteiger partial charge in [-0.1, -0.05) is 12.1 Å². The summed E-state index contributed by atoms with van der Waals surface area (Å²) in [6, 6.07) is 8.05. The summed E-state index contributed by atoms with van der Waals surface area (Å²) in [6.45, 7) is 4.50. The maximum Gasteiger partial charge on any atom is 0.255 e. The number of aromatic nitrogens is 1. The molecule has 7 heteroatoms. The highest BCUT2D eigenvalue weighted by Crippen LogP contribution is 2.35. The predicted molar refractivity (Wildman–Crippen MR) is 108 cm³/mol. The molecule has 1 aromatic carbocycles. The third kappa shape index (κ3) is 3.81. The molecule has 3 atom stereocenters. The Balaban J connectivity index is 1.33. The minimum atomic E-state index is -0.825. The van der Waals surface area contributed by atoms with Crippen molar-refractivity contribution in [2.45, 2.75) is 44.6 Å². The first-order valence-electron chi connectivity index (χ1n) is 10.7. The number of fused-ring (bicyclic) bond motifs is 4. The Morgan fingerprint density at radius 1 is 0.933 bits per heavy atom. The Hall–Kier alpha value is -2.12. The van der Waals surface area contributed by atoms with Crippen molar-refractivity contribution < 1.29 is 13.2 Å². The van der Waals surface area contributed by atoms with Crippen LogP contribution in [0.25, 0.3) is 0 Å². The monoisotopic (exact) mass is 417 g/mol. The highest BCUT2D eigenvalue weighted by atomic mass is 19.2. The molecule has 0 saturated carbocycles. The van der Waals surface area contributed by atoms with E-state index in [1.54, 1.807) is 6.07 Å². The topological polar surface area (TPSA) is 28.5 Å². The lowest BCUT2D eigenvalue weighted by Crippen LogP contribution is -2.47. The van der Waals surface area contributed by atoms with E-state index in [2.05, 4.69) is 11.0 Å². The van der Waals surface area contributed by atoms with Gasteiger partial charge in [0.2, 0.25) is 0 Å². The number of nitrogens with zero attached hydrogens (tertiary/aromatic N) is 3. The molecular weight excluding hydrogens is 391 g/mol. The second-order valence-corrected chi connectivity index (χ2v) is 9.06. The summed E-state index contributed by atoms with van der Waals surface area (Å²) in [4.78, 5) is 17.4. The van der Waals surface area contributed by atoms with Crippen molar-refractivity contribution in [1.29, 1.82) is 0 Å². The SMILES string of the molecule is O=c1c(CN2CC[C@@H](F)C2)ccc2n1C[C@H]1C[C@@H]2CN(Cc2ccc(F)c(F)c2)C1. The third-order valence-electron chi connectivity index (χ3n) is 6.76. The normalized spacial score (nSPS) is 26.7. The molecule has 2 aromatic rings. The lowest BCUT2D eigenvalue weighted by molar-refractivity contribution is 0.114. The molecule has 0 amide bonds. The summed E-state index contributed by atoms with van der Waals surface area (Å²) in [7, 11) is 0. The molecular formula is C23H26F3N3O. The first kappa shape index (κ1) is 19.8. The molecule has 5 rings (SSSR count). The van der Waals surface area contributed by atoms with Gasteiger partial charge in [-0.25, -0.2) is 13.2 Å². The Morgan fingerprint density at radius 3 is 2.57 bits per heavy atom. The molecule has 4 nitrogen and oxygen atoms in total. The summed E-state index contributed by atoms with van der Waals surface area (Å²) in [6.07, 6.45) is 0.803. The number of likely N-dealkylation sites (tertiary alicyclic amines) is 2. The average Bonchev–Trinajstić information content (AvgIpc) is 3.12. The van der Waals surface area contributed by atoms with E-state index < -0.39 is 17.8 Å². The number of hydrogen-bond acceptors (Lipinski definition) is 3. The summed E-state index contributed by atoms with van der Waals surface area (Å²) < 4.78 is 42.2. The van der Waals surface area contributed by atoms with Crippen LogP contribution < -0.4 is 5.56 Å². The van der Waals surface area contributed by atoms with Gasteiger partial charge in [-0.2, -0.15) is 0 Å². The van der Waals surface area contributed by atoms with E-state index in [-0.39, 0.29) is 11.5 Å². The van der Waals surface area contributed by atoms with Crippen LogP contribution >= 0.6 is 0 Å². The third-order valence-corrected chi connectivity index (χ3v) is 6.76. The zero-order chi connectivity index (χ0) is 20.8. The van der Waals surface area contributed by atoms with Gasteiger partial charge in [0.1, 0.15) is 6.17 Å². The minimum absolute atomic E-state index is 0.0542. The molecule has 0 spiro atoms. The zero-order valence-corrected chi connectivity index (χ0v) is 16.9. The van der Waals surface area contributed by atoms with Gasteiger partial charge in [0, 0.05) is 63.0 Å². The maximum atomic E-state index is 13.6. The Labute approximate surface area is 173 Å². The summed E-state index contributed by atoms with van der Waals surface area (Å²) in [5.74, 6) is -1.02. The molecule has 3 aliphatic heterocycles. The van der Waals surface area contributed by atoms with Gasteiger partial charge in [0.05, 0.1) is 0 Å². The number of halogens is 3. The quantitative estimate of drug-likeness (QED) is 0.765. The van der Waals surface area contributed by atoms with Gasteiger partial charge in [0.25, 0.3) is 5.56 Å². The van der Waals surface area contributed by atoms with E-state index in [4.69, 9.17) is 0 Å². The standard InChI is InChI=1S/C23H26F3N3O/c24-19-5-6-27(14-19)12-17-2-4-22-18-7-16(11-29(22)23(17)30)10-28(13-18)9-15-1-3-20(25)21(26)8-15/h1-4,8,16,18-19H,5-7,9-14H2/t16-,18+,19+/m0/s1. The fourth-order valence-corrected chi connectivity index (χ4v) is 5.41. The molecule has 0 unspecified atom stereocenters. The second-order valence-electron chi connectivity index (χ2n) is 9.06. The van der Waals surface area contributed by atoms with Crippen LogP contribution in [-0.2, 0) is 19.6 Å². The molecule has 160 valence electrons. The molecule has 3 aliphatic rings. The molecule has 4 heterocycles. The molecule has 30 heavy (non-hydrogen) atoms. The van der Waals surface area contributed by atoms with Gasteiger partial charge in [-0.3, -0.25) is 14.6 Å². The van der Waals surface area contributed by atoms with Crippen molar-refractivity contribution >= 4 is 0 Å². The summed E-state index contributed by atoms with van der Waals surface area (Å²) >= 11 is 0. The Bertz CT molecular complexity index is 1010. The second kappa shape index (κ2) is 7.85. The van der Waals surface area contributed by atoms with E-state index in [0.717, 1.165) is 36.3 Å². The fraction of sp³-hybridized carbons (Fsp3) is 0.522. The lowest BCUT2D eigenvalue weighted by atomic mass is 9.82. The van der Waals surface area contributed by atoms with Gasteiger partial charge < -0.3 is 4.57 Å². The van der Waals surface area contributed by atoms with Crippen molar-refractivity contribution in [3.8, 4) is 0 Å². The van der Waals surface area contributed by atoms with Crippen LogP contribution in [0, 0.1) is 17.6 Å². The van der Waals surface area contributed by atoms with Gasteiger partial charge in [0.15, 0.2) is 11.6 Å². The van der Waals surface area contributed by atoms with E-state index in [0.29, 0.717) is 45.1 Å². The zero-order valence-electron chi connectivity index (χ0n) is 16.9. The number of alkyl halides is 1. The maximum absolute atomic E-state index is 13.6. The summed E-state index contributed by atoms with van der Waals surface area (Å²) in [5, 5.41) is 0. The van der Waals surface area contributed by atoms with Crippen LogP contribution in [0.15, 0.2) is 35.1 Å². The molecule has 0 N–H and O–H groups in total. The van der Waals surface area contributed by atoms with Crippen LogP contribution in [0.2, 0.25) is 0 Å². The first-order chi connectivity index (χ1) is 14.5. The van der Waals surface area contributed by atoms with E-state index in [9.17, 15) is 18.0 Å². The molecule has 0 aliphatic carbocycles. The van der Waals surface area contributed by atoms with Crippen LogP contribution in [0.3, 0.4) is 0 Å². The molecule has 2 bridgehead atoms. The number of pyridine rings is 1. The predicted octanol–water partition coefficient (Wildman–Crippen LogP) is 3.29. The van der Waals surface area contributed by atoms with Crippen molar-refractivity contribution in [3.63, 3.8) is 0 Å².